The minimum Gasteiger partial charge on any atom is -0.308 e. The number of benzene rings is 8. The summed E-state index contributed by atoms with van der Waals surface area (Å²) >= 11 is 1.83. The van der Waals surface area contributed by atoms with E-state index in [1.807, 2.05) is 23.5 Å². The van der Waals surface area contributed by atoms with Crippen LogP contribution in [-0.4, -0.2) is 14.5 Å². The number of thiophene rings is 1. The molecular formula is C52H33N3S. The first kappa shape index (κ1) is 32.3. The number of rotatable bonds is 6. The average Bonchev–Trinajstić information content (AvgIpc) is 3.82. The van der Waals surface area contributed by atoms with Crippen molar-refractivity contribution in [1.29, 1.82) is 0 Å². The van der Waals surface area contributed by atoms with Crippen molar-refractivity contribution in [2.24, 2.45) is 0 Å². The van der Waals surface area contributed by atoms with E-state index in [1.165, 1.54) is 53.2 Å². The third-order valence-corrected chi connectivity index (χ3v) is 11.9. The van der Waals surface area contributed by atoms with Gasteiger partial charge in [-0.3, -0.25) is 0 Å². The fourth-order valence-electron chi connectivity index (χ4n) is 8.21. The predicted molar refractivity (Wildman–Crippen MR) is 236 cm³/mol. The van der Waals surface area contributed by atoms with Crippen molar-refractivity contribution in [2.75, 3.05) is 0 Å². The molecule has 0 fully saturated rings. The smallest absolute Gasteiger partial charge is 0.160 e. The summed E-state index contributed by atoms with van der Waals surface area (Å²) in [5.41, 5.74) is 13.0. The van der Waals surface area contributed by atoms with Crippen molar-refractivity contribution in [3.8, 4) is 61.8 Å². The van der Waals surface area contributed by atoms with Gasteiger partial charge in [0.15, 0.2) is 5.82 Å². The van der Waals surface area contributed by atoms with Crippen LogP contribution >= 0.6 is 11.3 Å². The van der Waals surface area contributed by atoms with Crippen LogP contribution in [0.5, 0.6) is 0 Å². The summed E-state index contributed by atoms with van der Waals surface area (Å²) in [5.74, 6) is 0.698. The SMILES string of the molecule is c1ccc(-c2cc(-c3ccccc3)c3c4ccccc4n(-c4cc5c(cc4-c4cc(-c6ccccc6)nc(-c6ccccc6)n4)sc4ccccc45)c3c2)cc1. The van der Waals surface area contributed by atoms with Crippen LogP contribution in [0.4, 0.5) is 0 Å². The van der Waals surface area contributed by atoms with E-state index in [0.717, 1.165) is 44.8 Å². The zero-order valence-electron chi connectivity index (χ0n) is 30.3. The largest absolute Gasteiger partial charge is 0.308 e. The fourth-order valence-corrected chi connectivity index (χ4v) is 9.33. The van der Waals surface area contributed by atoms with Crippen LogP contribution in [0.2, 0.25) is 0 Å². The summed E-state index contributed by atoms with van der Waals surface area (Å²) in [6.45, 7) is 0. The third kappa shape index (κ3) is 5.42. The summed E-state index contributed by atoms with van der Waals surface area (Å²) < 4.78 is 4.97. The highest BCUT2D eigenvalue weighted by Gasteiger charge is 2.23. The molecule has 4 heteroatoms. The van der Waals surface area contributed by atoms with Crippen LogP contribution < -0.4 is 0 Å². The standard InChI is InChI=1S/C52H33N3S/c1-5-17-34(18-6-1)38-29-41(35-19-7-2-8-20-35)51-40-26-13-15-27-46(40)55(48(51)30-38)47-31-42-39-25-14-16-28-49(39)56-50(42)32-43(47)45-33-44(36-21-9-3-10-22-36)53-52(54-45)37-23-11-4-12-24-37/h1-33H. The summed E-state index contributed by atoms with van der Waals surface area (Å²) in [6.07, 6.45) is 0. The molecule has 3 aromatic heterocycles. The zero-order valence-corrected chi connectivity index (χ0v) is 31.1. The monoisotopic (exact) mass is 731 g/mol. The molecule has 0 bridgehead atoms. The molecule has 262 valence electrons. The summed E-state index contributed by atoms with van der Waals surface area (Å²) in [5, 5.41) is 4.93. The number of hydrogen-bond acceptors (Lipinski definition) is 3. The molecule has 0 saturated carbocycles. The second kappa shape index (κ2) is 13.3. The topological polar surface area (TPSA) is 30.7 Å². The van der Waals surface area contributed by atoms with E-state index in [2.05, 4.69) is 193 Å². The maximum atomic E-state index is 5.40. The van der Waals surface area contributed by atoms with Gasteiger partial charge in [-0.15, -0.1) is 11.3 Å². The normalized spacial score (nSPS) is 11.6. The van der Waals surface area contributed by atoms with Gasteiger partial charge in [-0.25, -0.2) is 9.97 Å². The lowest BCUT2D eigenvalue weighted by atomic mass is 9.94. The number of para-hydroxylation sites is 1. The van der Waals surface area contributed by atoms with Crippen molar-refractivity contribution < 1.29 is 0 Å². The summed E-state index contributed by atoms with van der Waals surface area (Å²) in [4.78, 5) is 10.6. The van der Waals surface area contributed by atoms with E-state index in [1.54, 1.807) is 0 Å². The van der Waals surface area contributed by atoms with Crippen molar-refractivity contribution in [3.63, 3.8) is 0 Å². The lowest BCUT2D eigenvalue weighted by molar-refractivity contribution is 1.15. The Bertz CT molecular complexity index is 3160. The highest BCUT2D eigenvalue weighted by atomic mass is 32.1. The van der Waals surface area contributed by atoms with E-state index < -0.39 is 0 Å². The van der Waals surface area contributed by atoms with Gasteiger partial charge in [0.05, 0.1) is 28.1 Å². The quantitative estimate of drug-likeness (QED) is 0.170. The Labute approximate surface area is 328 Å². The molecule has 0 aliphatic rings. The molecular weight excluding hydrogens is 699 g/mol. The van der Waals surface area contributed by atoms with Gasteiger partial charge in [-0.05, 0) is 64.7 Å². The first-order valence-electron chi connectivity index (χ1n) is 18.9. The molecule has 0 amide bonds. The molecule has 0 unspecified atom stereocenters. The van der Waals surface area contributed by atoms with Gasteiger partial charge in [0.1, 0.15) is 0 Å². The molecule has 0 aliphatic heterocycles. The molecule has 3 nitrogen and oxygen atoms in total. The molecule has 0 atom stereocenters. The molecule has 56 heavy (non-hydrogen) atoms. The summed E-state index contributed by atoms with van der Waals surface area (Å²) in [7, 11) is 0. The van der Waals surface area contributed by atoms with Gasteiger partial charge in [-0.1, -0.05) is 158 Å². The Kier molecular flexibility index (Phi) is 7.68. The fraction of sp³-hybridized carbons (Fsp3) is 0. The van der Waals surface area contributed by atoms with Gasteiger partial charge >= 0.3 is 0 Å². The zero-order chi connectivity index (χ0) is 37.0. The van der Waals surface area contributed by atoms with Gasteiger partial charge in [0.25, 0.3) is 0 Å². The number of fused-ring (bicyclic) bond motifs is 6. The predicted octanol–water partition coefficient (Wildman–Crippen LogP) is 14.3. The number of aromatic nitrogens is 3. The Morgan fingerprint density at radius 3 is 1.68 bits per heavy atom. The number of nitrogens with zero attached hydrogens (tertiary/aromatic N) is 3. The van der Waals surface area contributed by atoms with Crippen LogP contribution in [0.15, 0.2) is 200 Å². The van der Waals surface area contributed by atoms with Gasteiger partial charge in [0, 0.05) is 47.6 Å². The Hall–Kier alpha value is -7.14. The van der Waals surface area contributed by atoms with Crippen molar-refractivity contribution >= 4 is 53.3 Å². The molecule has 0 aliphatic carbocycles. The lowest BCUT2D eigenvalue weighted by Crippen LogP contribution is -2.01. The second-order valence-corrected chi connectivity index (χ2v) is 15.2. The molecule has 0 radical (unpaired) electrons. The van der Waals surface area contributed by atoms with Gasteiger partial charge in [-0.2, -0.15) is 0 Å². The minimum atomic E-state index is 0.698. The van der Waals surface area contributed by atoms with Crippen LogP contribution in [0.25, 0.3) is 104 Å². The molecule has 0 N–H and O–H groups in total. The Balaban J connectivity index is 1.29. The highest BCUT2D eigenvalue weighted by Crippen LogP contribution is 2.46. The van der Waals surface area contributed by atoms with Gasteiger partial charge < -0.3 is 4.57 Å². The molecule has 3 heterocycles. The van der Waals surface area contributed by atoms with E-state index >= 15 is 0 Å². The average molecular weight is 732 g/mol. The molecule has 11 aromatic rings. The maximum absolute atomic E-state index is 5.40. The van der Waals surface area contributed by atoms with E-state index in [4.69, 9.17) is 9.97 Å². The van der Waals surface area contributed by atoms with Gasteiger partial charge in [0.2, 0.25) is 0 Å². The minimum absolute atomic E-state index is 0.698. The Morgan fingerprint density at radius 2 is 0.946 bits per heavy atom. The lowest BCUT2D eigenvalue weighted by Gasteiger charge is -2.17. The highest BCUT2D eigenvalue weighted by molar-refractivity contribution is 7.25. The van der Waals surface area contributed by atoms with Crippen molar-refractivity contribution in [2.45, 2.75) is 0 Å². The molecule has 11 rings (SSSR count). The first-order chi connectivity index (χ1) is 27.8. The van der Waals surface area contributed by atoms with Crippen LogP contribution in [-0.2, 0) is 0 Å². The van der Waals surface area contributed by atoms with E-state index in [9.17, 15) is 0 Å². The van der Waals surface area contributed by atoms with E-state index in [-0.39, 0.29) is 0 Å². The van der Waals surface area contributed by atoms with E-state index in [0.29, 0.717) is 5.82 Å². The van der Waals surface area contributed by atoms with Crippen LogP contribution in [0.3, 0.4) is 0 Å². The third-order valence-electron chi connectivity index (χ3n) is 10.8. The summed E-state index contributed by atoms with van der Waals surface area (Å²) in [6, 6.07) is 71.5. The maximum Gasteiger partial charge on any atom is 0.160 e. The molecule has 0 saturated heterocycles. The Morgan fingerprint density at radius 1 is 0.357 bits per heavy atom. The molecule has 8 aromatic carbocycles. The molecule has 0 spiro atoms. The van der Waals surface area contributed by atoms with Crippen LogP contribution in [0, 0.1) is 0 Å². The number of hydrogen-bond donors (Lipinski definition) is 0. The first-order valence-corrected chi connectivity index (χ1v) is 19.7. The van der Waals surface area contributed by atoms with Crippen molar-refractivity contribution in [3.05, 3.63) is 200 Å². The van der Waals surface area contributed by atoms with Crippen molar-refractivity contribution in [1.82, 2.24) is 14.5 Å². The van der Waals surface area contributed by atoms with Crippen LogP contribution in [0.1, 0.15) is 0 Å². The second-order valence-electron chi connectivity index (χ2n) is 14.2.